The summed E-state index contributed by atoms with van der Waals surface area (Å²) in [7, 11) is 0. The largest absolute Gasteiger partial charge is 0.320 e. The SMILES string of the molecule is CC(C)C[C@H](N)C(=O)Nc1cc(CC(C)(C)C)[nH]n1.Cl. The molecule has 6 heteroatoms. The summed E-state index contributed by atoms with van der Waals surface area (Å²) in [6.07, 6.45) is 1.55. The van der Waals surface area contributed by atoms with E-state index in [4.69, 9.17) is 5.73 Å². The summed E-state index contributed by atoms with van der Waals surface area (Å²) < 4.78 is 0. The third-order valence-electron chi connectivity index (χ3n) is 2.67. The van der Waals surface area contributed by atoms with Crippen molar-refractivity contribution in [1.82, 2.24) is 10.2 Å². The van der Waals surface area contributed by atoms with Crippen LogP contribution in [-0.2, 0) is 11.2 Å². The molecule has 20 heavy (non-hydrogen) atoms. The molecule has 0 spiro atoms. The first-order valence-corrected chi connectivity index (χ1v) is 6.78. The van der Waals surface area contributed by atoms with Gasteiger partial charge in [0.2, 0.25) is 5.91 Å². The van der Waals surface area contributed by atoms with Gasteiger partial charge in [0.15, 0.2) is 5.82 Å². The number of carbonyl (C=O) groups excluding carboxylic acids is 1. The lowest BCUT2D eigenvalue weighted by atomic mass is 9.91. The summed E-state index contributed by atoms with van der Waals surface area (Å²) in [5, 5.41) is 9.78. The summed E-state index contributed by atoms with van der Waals surface area (Å²) in [5.74, 6) is 0.766. The number of rotatable bonds is 5. The third kappa shape index (κ3) is 6.91. The van der Waals surface area contributed by atoms with E-state index in [-0.39, 0.29) is 23.7 Å². The highest BCUT2D eigenvalue weighted by atomic mass is 35.5. The van der Waals surface area contributed by atoms with Crippen LogP contribution in [0, 0.1) is 11.3 Å². The summed E-state index contributed by atoms with van der Waals surface area (Å²) in [6.45, 7) is 10.6. The quantitative estimate of drug-likeness (QED) is 0.782. The summed E-state index contributed by atoms with van der Waals surface area (Å²) in [4.78, 5) is 11.9. The Balaban J connectivity index is 0.00000361. The average molecular weight is 303 g/mol. The van der Waals surface area contributed by atoms with Gasteiger partial charge in [-0.3, -0.25) is 9.89 Å². The highest BCUT2D eigenvalue weighted by molar-refractivity contribution is 5.93. The van der Waals surface area contributed by atoms with Crippen molar-refractivity contribution in [2.24, 2.45) is 17.1 Å². The Morgan fingerprint density at radius 3 is 2.55 bits per heavy atom. The minimum absolute atomic E-state index is 0. The fourth-order valence-corrected chi connectivity index (χ4v) is 1.92. The minimum atomic E-state index is -0.484. The molecule has 0 saturated carbocycles. The summed E-state index contributed by atoms with van der Waals surface area (Å²) >= 11 is 0. The third-order valence-corrected chi connectivity index (χ3v) is 2.67. The highest BCUT2D eigenvalue weighted by Crippen LogP contribution is 2.20. The fraction of sp³-hybridized carbons (Fsp3) is 0.714. The molecule has 0 aliphatic heterocycles. The van der Waals surface area contributed by atoms with Crippen LogP contribution in [0.3, 0.4) is 0 Å². The number of amides is 1. The van der Waals surface area contributed by atoms with Crippen LogP contribution in [0.15, 0.2) is 6.07 Å². The van der Waals surface area contributed by atoms with Crippen LogP contribution in [0.2, 0.25) is 0 Å². The Hall–Kier alpha value is -1.07. The second kappa shape index (κ2) is 7.64. The van der Waals surface area contributed by atoms with E-state index >= 15 is 0 Å². The second-order valence-electron chi connectivity index (χ2n) is 6.74. The number of nitrogens with zero attached hydrogens (tertiary/aromatic N) is 1. The molecule has 0 aliphatic rings. The summed E-state index contributed by atoms with van der Waals surface area (Å²) in [5.41, 5.74) is 7.02. The average Bonchev–Trinajstić information content (AvgIpc) is 2.61. The number of H-pyrrole nitrogens is 1. The Morgan fingerprint density at radius 2 is 2.05 bits per heavy atom. The molecule has 0 radical (unpaired) electrons. The number of halogens is 1. The molecule has 1 heterocycles. The molecular formula is C14H27ClN4O. The van der Waals surface area contributed by atoms with Crippen molar-refractivity contribution < 1.29 is 4.79 Å². The molecule has 1 amide bonds. The van der Waals surface area contributed by atoms with Crippen LogP contribution in [0.4, 0.5) is 5.82 Å². The van der Waals surface area contributed by atoms with Gasteiger partial charge >= 0.3 is 0 Å². The lowest BCUT2D eigenvalue weighted by Gasteiger charge is -2.15. The number of carbonyl (C=O) groups is 1. The van der Waals surface area contributed by atoms with Gasteiger partial charge in [-0.2, -0.15) is 5.10 Å². The molecule has 4 N–H and O–H groups in total. The molecule has 1 aromatic heterocycles. The molecule has 0 fully saturated rings. The number of aromatic nitrogens is 2. The Bertz CT molecular complexity index is 423. The van der Waals surface area contributed by atoms with Gasteiger partial charge in [0, 0.05) is 11.8 Å². The number of anilines is 1. The monoisotopic (exact) mass is 302 g/mol. The maximum atomic E-state index is 11.9. The number of nitrogens with one attached hydrogen (secondary N) is 2. The molecule has 0 unspecified atom stereocenters. The smallest absolute Gasteiger partial charge is 0.242 e. The van der Waals surface area contributed by atoms with Gasteiger partial charge in [0.25, 0.3) is 0 Å². The van der Waals surface area contributed by atoms with Crippen LogP contribution >= 0.6 is 12.4 Å². The molecule has 1 rings (SSSR count). The van der Waals surface area contributed by atoms with Gasteiger partial charge in [-0.15, -0.1) is 12.4 Å². The van der Waals surface area contributed by atoms with E-state index in [0.29, 0.717) is 18.2 Å². The van der Waals surface area contributed by atoms with E-state index in [0.717, 1.165) is 12.1 Å². The van der Waals surface area contributed by atoms with Crippen LogP contribution in [0.5, 0.6) is 0 Å². The van der Waals surface area contributed by atoms with Gasteiger partial charge in [-0.25, -0.2) is 0 Å². The number of aromatic amines is 1. The molecule has 116 valence electrons. The molecule has 1 atom stereocenters. The topological polar surface area (TPSA) is 83.8 Å². The zero-order valence-corrected chi connectivity index (χ0v) is 13.8. The van der Waals surface area contributed by atoms with Gasteiger partial charge in [0.05, 0.1) is 6.04 Å². The zero-order chi connectivity index (χ0) is 14.6. The van der Waals surface area contributed by atoms with Gasteiger partial charge < -0.3 is 11.1 Å². The van der Waals surface area contributed by atoms with Crippen molar-refractivity contribution in [3.05, 3.63) is 11.8 Å². The van der Waals surface area contributed by atoms with Crippen LogP contribution in [-0.4, -0.2) is 22.1 Å². The van der Waals surface area contributed by atoms with Gasteiger partial charge in [-0.05, 0) is 24.2 Å². The lowest BCUT2D eigenvalue weighted by Crippen LogP contribution is -2.36. The standard InChI is InChI=1S/C14H26N4O.ClH/c1-9(2)6-11(15)13(19)16-12-7-10(17-18-12)8-14(3,4)5;/h7,9,11H,6,8,15H2,1-5H3,(H2,16,17,18,19);1H/t11-;/m0./s1. The van der Waals surface area contributed by atoms with Gasteiger partial charge in [0.1, 0.15) is 0 Å². The van der Waals surface area contributed by atoms with E-state index in [9.17, 15) is 4.79 Å². The number of hydrogen-bond acceptors (Lipinski definition) is 3. The molecule has 0 aliphatic carbocycles. The first-order valence-electron chi connectivity index (χ1n) is 6.78. The van der Waals surface area contributed by atoms with E-state index < -0.39 is 6.04 Å². The van der Waals surface area contributed by atoms with E-state index in [1.54, 1.807) is 0 Å². The molecule has 1 aromatic rings. The van der Waals surface area contributed by atoms with E-state index in [1.165, 1.54) is 0 Å². The minimum Gasteiger partial charge on any atom is -0.320 e. The van der Waals surface area contributed by atoms with E-state index in [2.05, 4.69) is 36.3 Å². The van der Waals surface area contributed by atoms with Crippen molar-refractivity contribution in [2.45, 2.75) is 53.5 Å². The molecular weight excluding hydrogens is 276 g/mol. The van der Waals surface area contributed by atoms with Crippen molar-refractivity contribution in [1.29, 1.82) is 0 Å². The molecule has 0 aromatic carbocycles. The van der Waals surface area contributed by atoms with Crippen molar-refractivity contribution >= 4 is 24.1 Å². The van der Waals surface area contributed by atoms with Gasteiger partial charge in [-0.1, -0.05) is 34.6 Å². The lowest BCUT2D eigenvalue weighted by molar-refractivity contribution is -0.117. The first-order chi connectivity index (χ1) is 8.67. The van der Waals surface area contributed by atoms with Crippen LogP contribution in [0.25, 0.3) is 0 Å². The Morgan fingerprint density at radius 1 is 1.45 bits per heavy atom. The molecule has 0 bridgehead atoms. The maximum absolute atomic E-state index is 11.9. The second-order valence-corrected chi connectivity index (χ2v) is 6.74. The van der Waals surface area contributed by atoms with Crippen LogP contribution in [0.1, 0.15) is 46.7 Å². The van der Waals surface area contributed by atoms with Crippen molar-refractivity contribution in [3.8, 4) is 0 Å². The maximum Gasteiger partial charge on any atom is 0.242 e. The number of hydrogen-bond donors (Lipinski definition) is 3. The van der Waals surface area contributed by atoms with E-state index in [1.807, 2.05) is 19.9 Å². The molecule has 5 nitrogen and oxygen atoms in total. The fourth-order valence-electron chi connectivity index (χ4n) is 1.92. The number of nitrogens with two attached hydrogens (primary N) is 1. The first kappa shape index (κ1) is 18.9. The predicted octanol–water partition coefficient (Wildman–Crippen LogP) is 2.73. The molecule has 0 saturated heterocycles. The Kier molecular flexibility index (Phi) is 7.23. The normalized spacial score (nSPS) is 12.9. The highest BCUT2D eigenvalue weighted by Gasteiger charge is 2.17. The van der Waals surface area contributed by atoms with Crippen molar-refractivity contribution in [2.75, 3.05) is 5.32 Å². The summed E-state index contributed by atoms with van der Waals surface area (Å²) in [6, 6.07) is 1.38. The van der Waals surface area contributed by atoms with Crippen molar-refractivity contribution in [3.63, 3.8) is 0 Å². The Labute approximate surface area is 127 Å². The van der Waals surface area contributed by atoms with Crippen LogP contribution < -0.4 is 11.1 Å². The zero-order valence-electron chi connectivity index (χ0n) is 13.0. The predicted molar refractivity (Wildman–Crippen MR) is 85.1 cm³/mol.